The molecule has 0 radical (unpaired) electrons. The van der Waals surface area contributed by atoms with E-state index in [1.807, 2.05) is 77.3 Å². The van der Waals surface area contributed by atoms with Crippen LogP contribution in [0.4, 0.5) is 0 Å². The lowest BCUT2D eigenvalue weighted by molar-refractivity contribution is -0.156. The summed E-state index contributed by atoms with van der Waals surface area (Å²) in [7, 11) is 1.34. The zero-order valence-electron chi connectivity index (χ0n) is 30.1. The lowest BCUT2D eigenvalue weighted by atomic mass is 9.86. The number of hydrogen-bond acceptors (Lipinski definition) is 8. The number of benzene rings is 2. The van der Waals surface area contributed by atoms with Gasteiger partial charge in [0.1, 0.15) is 18.1 Å². The standard InChI is InChI=1S/C40H52N4O6S2/c1-50-40(49)33-15-10-17-35-44(33)39(48)32(21-24-52-35)42-37(46)30(26-28-13-6-3-7-14-28)19-18-29(25-27-11-4-2-5-12-27)36(45)41-31-20-23-51-34-16-8-9-22-43(34)38(31)47/h2-7,11-14,29-35H,8-10,15-26H2,1H3,(H,41,45)(H,42,46)/t29-,30-,31+,32+,33+,34+,35+/m1/s1. The van der Waals surface area contributed by atoms with Crippen molar-refractivity contribution in [2.75, 3.05) is 25.2 Å². The number of carbonyl (C=O) groups is 5. The van der Waals surface area contributed by atoms with Crippen LogP contribution in [0.5, 0.6) is 0 Å². The average Bonchev–Trinajstić information content (AvgIpc) is 3.43. The summed E-state index contributed by atoms with van der Waals surface area (Å²) in [6.07, 6.45) is 8.14. The van der Waals surface area contributed by atoms with Gasteiger partial charge in [-0.1, -0.05) is 60.7 Å². The topological polar surface area (TPSA) is 125 Å². The summed E-state index contributed by atoms with van der Waals surface area (Å²) in [5, 5.41) is 6.32. The van der Waals surface area contributed by atoms with E-state index in [2.05, 4.69) is 10.6 Å². The highest BCUT2D eigenvalue weighted by molar-refractivity contribution is 8.00. The molecule has 4 saturated heterocycles. The van der Waals surface area contributed by atoms with Gasteiger partial charge < -0.3 is 25.2 Å². The fourth-order valence-corrected chi connectivity index (χ4v) is 10.8. The van der Waals surface area contributed by atoms with E-state index in [-0.39, 0.29) is 34.4 Å². The van der Waals surface area contributed by atoms with Crippen LogP contribution < -0.4 is 10.6 Å². The fourth-order valence-electron chi connectivity index (χ4n) is 8.09. The van der Waals surface area contributed by atoms with Crippen LogP contribution in [0.2, 0.25) is 0 Å². The first-order chi connectivity index (χ1) is 25.3. The number of fused-ring (bicyclic) bond motifs is 2. The van der Waals surface area contributed by atoms with Crippen molar-refractivity contribution in [3.05, 3.63) is 71.8 Å². The van der Waals surface area contributed by atoms with Crippen LogP contribution in [0.15, 0.2) is 60.7 Å². The van der Waals surface area contributed by atoms with Crippen LogP contribution in [-0.4, -0.2) is 93.4 Å². The molecule has 12 heteroatoms. The van der Waals surface area contributed by atoms with Crippen molar-refractivity contribution in [2.24, 2.45) is 11.8 Å². The van der Waals surface area contributed by atoms with E-state index in [1.54, 1.807) is 16.7 Å². The summed E-state index contributed by atoms with van der Waals surface area (Å²) in [6, 6.07) is 17.7. The van der Waals surface area contributed by atoms with E-state index in [4.69, 9.17) is 4.74 Å². The number of esters is 1. The number of nitrogens with zero attached hydrogens (tertiary/aromatic N) is 2. The van der Waals surface area contributed by atoms with Gasteiger partial charge in [0.05, 0.1) is 17.9 Å². The van der Waals surface area contributed by atoms with Gasteiger partial charge >= 0.3 is 5.97 Å². The Morgan fingerprint density at radius 1 is 0.712 bits per heavy atom. The molecule has 6 rings (SSSR count). The summed E-state index contributed by atoms with van der Waals surface area (Å²) < 4.78 is 5.06. The summed E-state index contributed by atoms with van der Waals surface area (Å²) in [6.45, 7) is 0.733. The number of piperidine rings is 2. The molecule has 52 heavy (non-hydrogen) atoms. The second-order valence-corrected chi connectivity index (χ2v) is 17.0. The third kappa shape index (κ3) is 9.53. The lowest BCUT2D eigenvalue weighted by Crippen LogP contribution is -2.57. The molecule has 0 aromatic heterocycles. The molecule has 2 aromatic rings. The molecular formula is C40H52N4O6S2. The van der Waals surface area contributed by atoms with Crippen LogP contribution in [0.1, 0.15) is 75.3 Å². The number of ether oxygens (including phenoxy) is 1. The van der Waals surface area contributed by atoms with Crippen molar-refractivity contribution in [2.45, 2.75) is 106 Å². The lowest BCUT2D eigenvalue weighted by Gasteiger charge is -2.40. The molecule has 4 aliphatic heterocycles. The Balaban J connectivity index is 1.18. The zero-order valence-corrected chi connectivity index (χ0v) is 31.7. The van der Waals surface area contributed by atoms with E-state index in [9.17, 15) is 24.0 Å². The van der Waals surface area contributed by atoms with Crippen molar-refractivity contribution in [3.63, 3.8) is 0 Å². The van der Waals surface area contributed by atoms with Crippen molar-refractivity contribution < 1.29 is 28.7 Å². The number of rotatable bonds is 12. The quantitative estimate of drug-likeness (QED) is 0.293. The maximum Gasteiger partial charge on any atom is 0.328 e. The van der Waals surface area contributed by atoms with Crippen molar-refractivity contribution >= 4 is 53.1 Å². The predicted molar refractivity (Wildman–Crippen MR) is 204 cm³/mol. The second kappa shape index (κ2) is 18.5. The first-order valence-corrected chi connectivity index (χ1v) is 21.0. The van der Waals surface area contributed by atoms with Gasteiger partial charge in [0.2, 0.25) is 23.6 Å². The summed E-state index contributed by atoms with van der Waals surface area (Å²) in [4.78, 5) is 72.4. The normalized spacial score (nSPS) is 26.1. The highest BCUT2D eigenvalue weighted by Crippen LogP contribution is 2.35. The average molecular weight is 749 g/mol. The molecule has 0 spiro atoms. The molecule has 280 valence electrons. The second-order valence-electron chi connectivity index (χ2n) is 14.4. The minimum Gasteiger partial charge on any atom is -0.467 e. The van der Waals surface area contributed by atoms with Gasteiger partial charge in [-0.25, -0.2) is 4.79 Å². The molecule has 4 amide bonds. The number of carbonyl (C=O) groups excluding carboxylic acids is 5. The van der Waals surface area contributed by atoms with Crippen LogP contribution in [0.3, 0.4) is 0 Å². The van der Waals surface area contributed by atoms with Gasteiger partial charge in [0, 0.05) is 18.4 Å². The third-order valence-electron chi connectivity index (χ3n) is 11.0. The third-order valence-corrected chi connectivity index (χ3v) is 13.6. The maximum absolute atomic E-state index is 14.2. The molecule has 7 atom stereocenters. The largest absolute Gasteiger partial charge is 0.467 e. The van der Waals surface area contributed by atoms with E-state index in [0.717, 1.165) is 55.5 Å². The van der Waals surface area contributed by atoms with E-state index in [1.165, 1.54) is 7.11 Å². The molecule has 0 unspecified atom stereocenters. The fraction of sp³-hybridized carbons (Fsp3) is 0.575. The van der Waals surface area contributed by atoms with Gasteiger partial charge in [-0.2, -0.15) is 0 Å². The Kier molecular flexibility index (Phi) is 13.6. The Morgan fingerprint density at radius 2 is 1.25 bits per heavy atom. The molecule has 10 nitrogen and oxygen atoms in total. The molecule has 0 saturated carbocycles. The summed E-state index contributed by atoms with van der Waals surface area (Å²) >= 11 is 3.47. The van der Waals surface area contributed by atoms with E-state index < -0.39 is 35.9 Å². The summed E-state index contributed by atoms with van der Waals surface area (Å²) in [5.74, 6) is -0.500. The number of thioether (sulfide) groups is 2. The minimum absolute atomic E-state index is 0.0134. The van der Waals surface area contributed by atoms with Crippen LogP contribution in [0.25, 0.3) is 0 Å². The predicted octanol–water partition coefficient (Wildman–Crippen LogP) is 4.95. The molecular weight excluding hydrogens is 697 g/mol. The number of amides is 4. The van der Waals surface area contributed by atoms with Crippen LogP contribution in [-0.2, 0) is 41.6 Å². The van der Waals surface area contributed by atoms with Crippen LogP contribution in [0, 0.1) is 11.8 Å². The molecule has 4 fully saturated rings. The molecule has 2 N–H and O–H groups in total. The van der Waals surface area contributed by atoms with Gasteiger partial charge in [-0.3, -0.25) is 19.2 Å². The van der Waals surface area contributed by atoms with Gasteiger partial charge in [-0.15, -0.1) is 23.5 Å². The first kappa shape index (κ1) is 38.2. The molecule has 4 aliphatic rings. The molecule has 0 bridgehead atoms. The van der Waals surface area contributed by atoms with Gasteiger partial charge in [-0.05, 0) is 99.7 Å². The van der Waals surface area contributed by atoms with Crippen molar-refractivity contribution in [3.8, 4) is 0 Å². The monoisotopic (exact) mass is 748 g/mol. The van der Waals surface area contributed by atoms with Gasteiger partial charge in [0.15, 0.2) is 0 Å². The molecule has 0 aliphatic carbocycles. The van der Waals surface area contributed by atoms with Crippen molar-refractivity contribution in [1.29, 1.82) is 0 Å². The first-order valence-electron chi connectivity index (χ1n) is 18.9. The highest BCUT2D eigenvalue weighted by atomic mass is 32.2. The number of hydrogen-bond donors (Lipinski definition) is 2. The number of methoxy groups -OCH3 is 1. The Bertz CT molecular complexity index is 1550. The van der Waals surface area contributed by atoms with Crippen LogP contribution >= 0.6 is 23.5 Å². The number of nitrogens with one attached hydrogen (secondary N) is 2. The minimum atomic E-state index is -0.755. The SMILES string of the molecule is COC(=O)[C@@H]1CCC[C@@H]2SCC[C@H](NC(=O)[C@H](CC[C@H](Cc3ccccc3)C(=O)N[C@H]3CCS[C@H]4CCCCN4C3=O)Cc3ccccc3)C(=O)N21. The van der Waals surface area contributed by atoms with E-state index in [0.29, 0.717) is 50.7 Å². The smallest absolute Gasteiger partial charge is 0.328 e. The molecule has 4 heterocycles. The van der Waals surface area contributed by atoms with E-state index >= 15 is 0 Å². The summed E-state index contributed by atoms with van der Waals surface area (Å²) in [5.41, 5.74) is 2.01. The molecule has 2 aromatic carbocycles. The Morgan fingerprint density at radius 3 is 1.83 bits per heavy atom. The van der Waals surface area contributed by atoms with Crippen molar-refractivity contribution in [1.82, 2.24) is 20.4 Å². The Hall–Kier alpha value is -3.51. The highest BCUT2D eigenvalue weighted by Gasteiger charge is 2.44. The van der Waals surface area contributed by atoms with Gasteiger partial charge in [0.25, 0.3) is 0 Å². The Labute approximate surface area is 315 Å². The zero-order chi connectivity index (χ0) is 36.5. The maximum atomic E-state index is 14.2.